The summed E-state index contributed by atoms with van der Waals surface area (Å²) in [5, 5.41) is 24.0. The number of rotatable bonds is 4. The van der Waals surface area contributed by atoms with Gasteiger partial charge >= 0.3 is 0 Å². The lowest BCUT2D eigenvalue weighted by atomic mass is 9.49. The summed E-state index contributed by atoms with van der Waals surface area (Å²) in [7, 11) is 0. The molecule has 0 bridgehead atoms. The summed E-state index contributed by atoms with van der Waals surface area (Å²) in [6, 6.07) is 22.5. The maximum atomic E-state index is 15.2. The molecule has 236 valence electrons. The van der Waals surface area contributed by atoms with E-state index in [2.05, 4.69) is 5.43 Å². The van der Waals surface area contributed by atoms with E-state index >= 15 is 4.79 Å². The highest BCUT2D eigenvalue weighted by Crippen LogP contribution is 2.64. The van der Waals surface area contributed by atoms with Crippen LogP contribution in [0.25, 0.3) is 10.8 Å². The molecule has 47 heavy (non-hydrogen) atoms. The minimum absolute atomic E-state index is 0.0346. The van der Waals surface area contributed by atoms with Crippen LogP contribution in [0.3, 0.4) is 0 Å². The molecule has 4 aromatic carbocycles. The van der Waals surface area contributed by atoms with E-state index in [1.165, 1.54) is 24.3 Å². The number of nitrogens with zero attached hydrogens (tertiary/aromatic N) is 2. The number of amides is 4. The minimum Gasteiger partial charge on any atom is -0.507 e. The van der Waals surface area contributed by atoms with E-state index in [0.717, 1.165) is 5.01 Å². The number of benzene rings is 4. The third-order valence-corrected chi connectivity index (χ3v) is 10.7. The van der Waals surface area contributed by atoms with Crippen LogP contribution < -0.4 is 5.43 Å². The molecule has 3 N–H and O–H groups in total. The summed E-state index contributed by atoms with van der Waals surface area (Å²) in [6.45, 7) is 0. The number of nitrogens with one attached hydrogen (secondary N) is 1. The van der Waals surface area contributed by atoms with Crippen molar-refractivity contribution >= 4 is 51.7 Å². The SMILES string of the molecule is O=C1C2CC=C3C(CC4C(=O)N(Nc5ccc(F)cc5)C(=O)C4(c4ccc(Cl)cc4)C3c3ccc(O)c4ccccc34)C2C(=O)N1O. The summed E-state index contributed by atoms with van der Waals surface area (Å²) < 4.78 is 13.8. The number of allylic oxidation sites excluding steroid dienone is 2. The first-order chi connectivity index (χ1) is 22.6. The number of hydrogen-bond donors (Lipinski definition) is 3. The van der Waals surface area contributed by atoms with Crippen LogP contribution in [0.5, 0.6) is 5.75 Å². The van der Waals surface area contributed by atoms with E-state index in [1.807, 2.05) is 18.2 Å². The van der Waals surface area contributed by atoms with E-state index in [0.29, 0.717) is 38.2 Å². The molecule has 3 fully saturated rings. The number of phenols is 1. The van der Waals surface area contributed by atoms with Crippen molar-refractivity contribution < 1.29 is 33.9 Å². The van der Waals surface area contributed by atoms with E-state index in [9.17, 15) is 29.1 Å². The molecule has 0 spiro atoms. The molecule has 8 rings (SSSR count). The highest BCUT2D eigenvalue weighted by molar-refractivity contribution is 6.30. The summed E-state index contributed by atoms with van der Waals surface area (Å²) in [6.07, 6.45) is 2.08. The molecule has 2 saturated heterocycles. The monoisotopic (exact) mass is 651 g/mol. The molecule has 4 aromatic rings. The number of hydroxylamine groups is 2. The quantitative estimate of drug-likeness (QED) is 0.147. The van der Waals surface area contributed by atoms with E-state index in [-0.39, 0.29) is 23.7 Å². The Kier molecular flexibility index (Phi) is 6.54. The Morgan fingerprint density at radius 2 is 1.53 bits per heavy atom. The van der Waals surface area contributed by atoms with Gasteiger partial charge in [0.05, 0.1) is 28.9 Å². The van der Waals surface area contributed by atoms with Crippen molar-refractivity contribution in [1.29, 1.82) is 0 Å². The molecule has 0 aromatic heterocycles. The molecular formula is C36H27ClFN3O6. The molecule has 6 atom stereocenters. The first-order valence-corrected chi connectivity index (χ1v) is 15.6. The van der Waals surface area contributed by atoms with Crippen molar-refractivity contribution in [1.82, 2.24) is 10.1 Å². The Bertz CT molecular complexity index is 2050. The maximum absolute atomic E-state index is 15.2. The van der Waals surface area contributed by atoms with Crippen LogP contribution in [0.2, 0.25) is 5.02 Å². The summed E-state index contributed by atoms with van der Waals surface area (Å²) in [4.78, 5) is 56.2. The number of hydrazine groups is 1. The van der Waals surface area contributed by atoms with Gasteiger partial charge in [0, 0.05) is 16.3 Å². The van der Waals surface area contributed by atoms with Crippen LogP contribution in [0.4, 0.5) is 10.1 Å². The number of anilines is 1. The standard InChI is InChI=1S/C36H27ClFN3O6/c37-19-7-5-18(6-8-19)36-28(33(44)40(35(36)46)39-21-11-9-20(38)10-12-21)17-27-25(13-14-26-30(27)34(45)41(47)32(26)43)31(36)24-15-16-29(42)23-4-2-1-3-22(23)24/h1-13,15-16,26-28,30-31,39,42,47H,14,17H2. The van der Waals surface area contributed by atoms with Crippen LogP contribution in [0.1, 0.15) is 29.9 Å². The van der Waals surface area contributed by atoms with Gasteiger partial charge in [-0.15, -0.1) is 0 Å². The maximum Gasteiger partial charge on any atom is 0.260 e. The van der Waals surface area contributed by atoms with Gasteiger partial charge in [-0.25, -0.2) is 4.39 Å². The number of carbonyl (C=O) groups excluding carboxylic acids is 4. The molecule has 9 nitrogen and oxygen atoms in total. The molecule has 11 heteroatoms. The van der Waals surface area contributed by atoms with Crippen LogP contribution >= 0.6 is 11.6 Å². The first-order valence-electron chi connectivity index (χ1n) is 15.3. The highest BCUT2D eigenvalue weighted by atomic mass is 35.5. The number of aromatic hydroxyl groups is 1. The average Bonchev–Trinajstić information content (AvgIpc) is 3.43. The van der Waals surface area contributed by atoms with Gasteiger partial charge in [-0.2, -0.15) is 10.1 Å². The number of halogens is 2. The summed E-state index contributed by atoms with van der Waals surface area (Å²) in [5.41, 5.74) is 3.54. The molecule has 2 aliphatic heterocycles. The molecule has 4 amide bonds. The molecule has 4 aliphatic rings. The molecule has 6 unspecified atom stereocenters. The third kappa shape index (κ3) is 4.04. The lowest BCUT2D eigenvalue weighted by Gasteiger charge is -2.50. The van der Waals surface area contributed by atoms with Crippen molar-refractivity contribution in [2.24, 2.45) is 23.7 Å². The fraction of sp³-hybridized carbons (Fsp3) is 0.222. The van der Waals surface area contributed by atoms with Crippen LogP contribution in [-0.2, 0) is 24.6 Å². The fourth-order valence-electron chi connectivity index (χ4n) is 8.54. The predicted octanol–water partition coefficient (Wildman–Crippen LogP) is 5.71. The summed E-state index contributed by atoms with van der Waals surface area (Å²) in [5.74, 6) is -7.25. The smallest absolute Gasteiger partial charge is 0.260 e. The Labute approximate surface area is 272 Å². The van der Waals surface area contributed by atoms with Crippen LogP contribution in [-0.4, -0.2) is 44.0 Å². The zero-order valence-electron chi connectivity index (χ0n) is 24.6. The molecule has 0 radical (unpaired) electrons. The van der Waals surface area contributed by atoms with Crippen LogP contribution in [0, 0.1) is 29.5 Å². The lowest BCUT2D eigenvalue weighted by molar-refractivity contribution is -0.173. The molecular weight excluding hydrogens is 625 g/mol. The van der Waals surface area contributed by atoms with E-state index in [1.54, 1.807) is 48.5 Å². The topological polar surface area (TPSA) is 127 Å². The second-order valence-corrected chi connectivity index (χ2v) is 13.0. The van der Waals surface area contributed by atoms with Crippen molar-refractivity contribution in [3.63, 3.8) is 0 Å². The van der Waals surface area contributed by atoms with Gasteiger partial charge in [0.25, 0.3) is 23.6 Å². The van der Waals surface area contributed by atoms with Crippen molar-refractivity contribution in [3.8, 4) is 5.75 Å². The number of hydrogen-bond acceptors (Lipinski definition) is 7. The van der Waals surface area contributed by atoms with E-state index < -0.39 is 64.5 Å². The third-order valence-electron chi connectivity index (χ3n) is 10.5. The predicted molar refractivity (Wildman–Crippen MR) is 168 cm³/mol. The van der Waals surface area contributed by atoms with Crippen molar-refractivity contribution in [2.45, 2.75) is 24.2 Å². The van der Waals surface area contributed by atoms with Crippen molar-refractivity contribution in [2.75, 3.05) is 5.43 Å². The number of phenolic OH excluding ortho intramolecular Hbond substituents is 1. The zero-order valence-corrected chi connectivity index (χ0v) is 25.4. The van der Waals surface area contributed by atoms with Gasteiger partial charge in [0.1, 0.15) is 11.6 Å². The van der Waals surface area contributed by atoms with Gasteiger partial charge in [-0.3, -0.25) is 29.8 Å². The van der Waals surface area contributed by atoms with Gasteiger partial charge in [0.2, 0.25) is 0 Å². The molecule has 2 aliphatic carbocycles. The highest BCUT2D eigenvalue weighted by Gasteiger charge is 2.70. The Balaban J connectivity index is 1.41. The Morgan fingerprint density at radius 1 is 0.830 bits per heavy atom. The second-order valence-electron chi connectivity index (χ2n) is 12.6. The van der Waals surface area contributed by atoms with Gasteiger partial charge in [-0.1, -0.05) is 65.7 Å². The second kappa shape index (κ2) is 10.5. The number of carbonyl (C=O) groups is 4. The Hall–Kier alpha value is -5.06. The largest absolute Gasteiger partial charge is 0.507 e. The van der Waals surface area contributed by atoms with Crippen molar-refractivity contribution in [3.05, 3.63) is 119 Å². The van der Waals surface area contributed by atoms with Gasteiger partial charge < -0.3 is 5.11 Å². The first kappa shape index (κ1) is 29.3. The number of imide groups is 2. The Morgan fingerprint density at radius 3 is 2.26 bits per heavy atom. The zero-order chi connectivity index (χ0) is 32.8. The minimum atomic E-state index is -1.56. The summed E-state index contributed by atoms with van der Waals surface area (Å²) >= 11 is 6.33. The lowest BCUT2D eigenvalue weighted by Crippen LogP contribution is -2.53. The fourth-order valence-corrected chi connectivity index (χ4v) is 8.67. The molecule has 2 heterocycles. The molecule has 1 saturated carbocycles. The van der Waals surface area contributed by atoms with Gasteiger partial charge in [-0.05, 0) is 77.7 Å². The van der Waals surface area contributed by atoms with E-state index in [4.69, 9.17) is 11.6 Å². The van der Waals surface area contributed by atoms with Gasteiger partial charge in [0.15, 0.2) is 0 Å². The normalized spacial score (nSPS) is 28.3. The average molecular weight is 652 g/mol. The number of fused-ring (bicyclic) bond motifs is 5. The van der Waals surface area contributed by atoms with Crippen LogP contribution in [0.15, 0.2) is 96.6 Å².